The Morgan fingerprint density at radius 2 is 1.54 bits per heavy atom. The van der Waals surface area contributed by atoms with E-state index in [-0.39, 0.29) is 11.2 Å². The molecule has 6 heteroatoms. The molecule has 1 aromatic heterocycles. The molecule has 0 saturated heterocycles. The quantitative estimate of drug-likeness (QED) is 0.251. The van der Waals surface area contributed by atoms with Crippen molar-refractivity contribution in [1.29, 1.82) is 0 Å². The van der Waals surface area contributed by atoms with E-state index in [1.165, 1.54) is 0 Å². The van der Waals surface area contributed by atoms with Crippen LogP contribution in [0.5, 0.6) is 11.5 Å². The summed E-state index contributed by atoms with van der Waals surface area (Å²) in [4.78, 5) is 29.3. The van der Waals surface area contributed by atoms with Crippen LogP contribution in [0.15, 0.2) is 100 Å². The van der Waals surface area contributed by atoms with Crippen molar-refractivity contribution >= 4 is 34.2 Å². The van der Waals surface area contributed by atoms with Gasteiger partial charge in [0, 0.05) is 10.7 Å². The van der Waals surface area contributed by atoms with E-state index in [4.69, 9.17) is 20.8 Å². The van der Waals surface area contributed by atoms with E-state index in [0.29, 0.717) is 38.7 Å². The highest BCUT2D eigenvalue weighted by Gasteiger charge is 2.43. The van der Waals surface area contributed by atoms with Gasteiger partial charge in [0.2, 0.25) is 5.76 Å². The lowest BCUT2D eigenvalue weighted by atomic mass is 9.97. The van der Waals surface area contributed by atoms with Gasteiger partial charge in [-0.05, 0) is 85.1 Å². The van der Waals surface area contributed by atoms with Crippen LogP contribution in [0.1, 0.15) is 38.9 Å². The van der Waals surface area contributed by atoms with Gasteiger partial charge in [-0.3, -0.25) is 14.5 Å². The summed E-state index contributed by atoms with van der Waals surface area (Å²) in [6, 6.07) is 26.8. The molecule has 0 radical (unpaired) electrons. The van der Waals surface area contributed by atoms with E-state index in [0.717, 1.165) is 16.7 Å². The van der Waals surface area contributed by atoms with Crippen molar-refractivity contribution < 1.29 is 13.9 Å². The highest BCUT2D eigenvalue weighted by Crippen LogP contribution is 2.42. The van der Waals surface area contributed by atoms with Crippen molar-refractivity contribution in [2.24, 2.45) is 0 Å². The number of hydrogen-bond acceptors (Lipinski definition) is 4. The number of benzene rings is 4. The SMILES string of the molecule is Cc1cc2oc3c(c(=O)c2cc1C)C(c1cccc(Oc2ccccc2)c1)N(c1cccc(Cl)c1)C3=O. The Bertz CT molecular complexity index is 1740. The fourth-order valence-electron chi connectivity index (χ4n) is 4.81. The lowest BCUT2D eigenvalue weighted by Crippen LogP contribution is -2.29. The van der Waals surface area contributed by atoms with Crippen LogP contribution in [0.25, 0.3) is 11.0 Å². The number of carbonyl (C=O) groups is 1. The zero-order valence-corrected chi connectivity index (χ0v) is 21.0. The minimum absolute atomic E-state index is 0.0418. The number of nitrogens with zero attached hydrogens (tertiary/aromatic N) is 1. The molecule has 0 spiro atoms. The molecular weight excluding hydrogens is 486 g/mol. The van der Waals surface area contributed by atoms with E-state index >= 15 is 0 Å². The van der Waals surface area contributed by atoms with Crippen LogP contribution in [0.4, 0.5) is 5.69 Å². The maximum Gasteiger partial charge on any atom is 0.295 e. The predicted octanol–water partition coefficient (Wildman–Crippen LogP) is 7.61. The number of para-hydroxylation sites is 1. The van der Waals surface area contributed by atoms with Crippen molar-refractivity contribution in [1.82, 2.24) is 0 Å². The number of ether oxygens (including phenoxy) is 1. The number of hydrogen-bond donors (Lipinski definition) is 0. The summed E-state index contributed by atoms with van der Waals surface area (Å²) in [5, 5.41) is 0.932. The molecule has 37 heavy (non-hydrogen) atoms. The van der Waals surface area contributed by atoms with Gasteiger partial charge in [-0.2, -0.15) is 0 Å². The van der Waals surface area contributed by atoms with E-state index in [2.05, 4.69) is 0 Å². The second-order valence-electron chi connectivity index (χ2n) is 9.15. The molecule has 0 saturated carbocycles. The number of amides is 1. The van der Waals surface area contributed by atoms with Crippen molar-refractivity contribution in [3.8, 4) is 11.5 Å². The molecule has 1 unspecified atom stereocenters. The summed E-state index contributed by atoms with van der Waals surface area (Å²) >= 11 is 6.30. The Hall–Kier alpha value is -4.35. The molecule has 1 aliphatic rings. The summed E-state index contributed by atoms with van der Waals surface area (Å²) in [7, 11) is 0. The van der Waals surface area contributed by atoms with Gasteiger partial charge in [-0.15, -0.1) is 0 Å². The predicted molar refractivity (Wildman–Crippen MR) is 145 cm³/mol. The molecular formula is C31H22ClNO4. The third kappa shape index (κ3) is 3.98. The molecule has 182 valence electrons. The molecule has 5 aromatic rings. The normalized spacial score (nSPS) is 14.7. The van der Waals surface area contributed by atoms with Crippen LogP contribution < -0.4 is 15.1 Å². The number of halogens is 1. The molecule has 1 aliphatic heterocycles. The number of aryl methyl sites for hydroxylation is 2. The monoisotopic (exact) mass is 507 g/mol. The van der Waals surface area contributed by atoms with Crippen molar-refractivity contribution in [2.45, 2.75) is 19.9 Å². The molecule has 0 fully saturated rings. The number of fused-ring (bicyclic) bond motifs is 2. The van der Waals surface area contributed by atoms with E-state index in [9.17, 15) is 9.59 Å². The Morgan fingerprint density at radius 1 is 0.811 bits per heavy atom. The summed E-state index contributed by atoms with van der Waals surface area (Å²) in [6.45, 7) is 3.90. The first-order valence-corrected chi connectivity index (χ1v) is 12.3. The van der Waals surface area contributed by atoms with Crippen molar-refractivity contribution in [3.63, 3.8) is 0 Å². The molecule has 5 nitrogen and oxygen atoms in total. The van der Waals surface area contributed by atoms with Crippen molar-refractivity contribution in [2.75, 3.05) is 4.90 Å². The third-order valence-corrected chi connectivity index (χ3v) is 6.96. The van der Waals surface area contributed by atoms with Crippen LogP contribution in [0.3, 0.4) is 0 Å². The largest absolute Gasteiger partial charge is 0.457 e. The van der Waals surface area contributed by atoms with Crippen LogP contribution in [0.2, 0.25) is 5.02 Å². The molecule has 1 amide bonds. The van der Waals surface area contributed by atoms with Gasteiger partial charge in [0.05, 0.1) is 17.0 Å². The Labute approximate surface area is 218 Å². The first-order valence-electron chi connectivity index (χ1n) is 11.9. The standard InChI is InChI=1S/C31H22ClNO4/c1-18-14-25-26(15-19(18)2)37-30-27(29(25)34)28(33(31(30)35)22-10-7-9-21(32)17-22)20-8-6-13-24(16-20)36-23-11-4-3-5-12-23/h3-17,28H,1-2H3. The smallest absolute Gasteiger partial charge is 0.295 e. The number of rotatable bonds is 4. The summed E-state index contributed by atoms with van der Waals surface area (Å²) in [5.74, 6) is 0.923. The lowest BCUT2D eigenvalue weighted by Gasteiger charge is -2.25. The van der Waals surface area contributed by atoms with Gasteiger partial charge >= 0.3 is 0 Å². The zero-order chi connectivity index (χ0) is 25.7. The second-order valence-corrected chi connectivity index (χ2v) is 9.59. The molecule has 4 aromatic carbocycles. The minimum atomic E-state index is -0.720. The zero-order valence-electron chi connectivity index (χ0n) is 20.2. The van der Waals surface area contributed by atoms with Crippen LogP contribution in [-0.2, 0) is 0 Å². The fourth-order valence-corrected chi connectivity index (χ4v) is 4.99. The summed E-state index contributed by atoms with van der Waals surface area (Å²) in [5.41, 5.74) is 3.72. The Kier molecular flexibility index (Phi) is 5.58. The summed E-state index contributed by atoms with van der Waals surface area (Å²) in [6.07, 6.45) is 0. The maximum absolute atomic E-state index is 13.9. The minimum Gasteiger partial charge on any atom is -0.457 e. The molecule has 1 atom stereocenters. The van der Waals surface area contributed by atoms with E-state index in [1.807, 2.05) is 80.6 Å². The molecule has 0 N–H and O–H groups in total. The van der Waals surface area contributed by atoms with Crippen LogP contribution >= 0.6 is 11.6 Å². The average molecular weight is 508 g/mol. The molecule has 2 heterocycles. The highest BCUT2D eigenvalue weighted by atomic mass is 35.5. The summed E-state index contributed by atoms with van der Waals surface area (Å²) < 4.78 is 12.2. The topological polar surface area (TPSA) is 59.8 Å². The van der Waals surface area contributed by atoms with E-state index < -0.39 is 11.9 Å². The third-order valence-electron chi connectivity index (χ3n) is 6.73. The maximum atomic E-state index is 13.9. The molecule has 6 rings (SSSR count). The average Bonchev–Trinajstić information content (AvgIpc) is 3.18. The molecule has 0 aliphatic carbocycles. The highest BCUT2D eigenvalue weighted by molar-refractivity contribution is 6.31. The number of carbonyl (C=O) groups excluding carboxylic acids is 1. The van der Waals surface area contributed by atoms with Gasteiger partial charge in [-0.25, -0.2) is 0 Å². The van der Waals surface area contributed by atoms with Gasteiger partial charge in [0.15, 0.2) is 5.43 Å². The van der Waals surface area contributed by atoms with Gasteiger partial charge in [0.1, 0.15) is 17.1 Å². The lowest BCUT2D eigenvalue weighted by molar-refractivity contribution is 0.0971. The first-order chi connectivity index (χ1) is 17.9. The fraction of sp³-hybridized carbons (Fsp3) is 0.0968. The van der Waals surface area contributed by atoms with Crippen LogP contribution in [0, 0.1) is 13.8 Å². The first kappa shape index (κ1) is 23.1. The molecule has 0 bridgehead atoms. The van der Waals surface area contributed by atoms with E-state index in [1.54, 1.807) is 29.2 Å². The van der Waals surface area contributed by atoms with Gasteiger partial charge in [-0.1, -0.05) is 48.0 Å². The number of anilines is 1. The van der Waals surface area contributed by atoms with Gasteiger partial charge < -0.3 is 9.15 Å². The van der Waals surface area contributed by atoms with Crippen molar-refractivity contribution in [3.05, 3.63) is 134 Å². The Morgan fingerprint density at radius 3 is 2.32 bits per heavy atom. The van der Waals surface area contributed by atoms with Crippen LogP contribution in [-0.4, -0.2) is 5.91 Å². The Balaban J connectivity index is 1.57. The van der Waals surface area contributed by atoms with Gasteiger partial charge in [0.25, 0.3) is 5.91 Å². The second kappa shape index (κ2) is 8.95.